The second-order valence-electron chi connectivity index (χ2n) is 14.7. The Balaban J connectivity index is 1.80. The highest BCUT2D eigenvalue weighted by atomic mass is 16.7. The molecule has 0 bridgehead atoms. The molecule has 0 aromatic carbocycles. The van der Waals surface area contributed by atoms with Crippen LogP contribution in [0.3, 0.4) is 0 Å². The highest BCUT2D eigenvalue weighted by molar-refractivity contribution is 5.80. The lowest BCUT2D eigenvalue weighted by Gasteiger charge is -2.48. The number of aliphatic hydroxyl groups excluding tert-OH is 3. The van der Waals surface area contributed by atoms with E-state index in [-0.39, 0.29) is 43.7 Å². The number of rotatable bonds is 21. The Labute approximate surface area is 297 Å². The number of nitrogens with one attached hydrogen (secondary N) is 1. The fourth-order valence-corrected chi connectivity index (χ4v) is 6.82. The molecule has 16 heteroatoms. The second-order valence-corrected chi connectivity index (χ2v) is 14.7. The van der Waals surface area contributed by atoms with E-state index in [2.05, 4.69) is 15.4 Å². The Morgan fingerprint density at radius 2 is 1.80 bits per heavy atom. The first-order chi connectivity index (χ1) is 23.7. The van der Waals surface area contributed by atoms with Gasteiger partial charge in [0.05, 0.1) is 55.1 Å². The van der Waals surface area contributed by atoms with Crippen LogP contribution >= 0.6 is 0 Å². The van der Waals surface area contributed by atoms with Crippen LogP contribution in [0.5, 0.6) is 0 Å². The van der Waals surface area contributed by atoms with Crippen molar-refractivity contribution in [2.24, 2.45) is 29.2 Å². The van der Waals surface area contributed by atoms with Crippen molar-refractivity contribution >= 4 is 5.91 Å². The number of carbonyl (C=O) groups excluding carboxylic acids is 1. The molecular formula is C34H65N7O9. The van der Waals surface area contributed by atoms with E-state index < -0.39 is 66.6 Å². The minimum Gasteiger partial charge on any atom is -0.392 e. The number of carbonyl (C=O) groups is 1. The van der Waals surface area contributed by atoms with E-state index in [1.54, 1.807) is 24.9 Å². The monoisotopic (exact) mass is 715 g/mol. The van der Waals surface area contributed by atoms with E-state index in [4.69, 9.17) is 30.4 Å². The third-order valence-corrected chi connectivity index (χ3v) is 9.49. The van der Waals surface area contributed by atoms with Crippen molar-refractivity contribution in [3.63, 3.8) is 0 Å². The van der Waals surface area contributed by atoms with Crippen molar-refractivity contribution in [2.45, 2.75) is 141 Å². The summed E-state index contributed by atoms with van der Waals surface area (Å²) in [6, 6.07) is -0.686. The van der Waals surface area contributed by atoms with Crippen LogP contribution in [0.4, 0.5) is 0 Å². The molecule has 11 atom stereocenters. The van der Waals surface area contributed by atoms with Gasteiger partial charge >= 0.3 is 0 Å². The predicted molar refractivity (Wildman–Crippen MR) is 185 cm³/mol. The van der Waals surface area contributed by atoms with Crippen LogP contribution in [0.15, 0.2) is 12.7 Å². The van der Waals surface area contributed by atoms with Crippen LogP contribution in [0.25, 0.3) is 0 Å². The summed E-state index contributed by atoms with van der Waals surface area (Å²) in [6.45, 7) is 14.7. The van der Waals surface area contributed by atoms with Crippen LogP contribution in [0, 0.1) is 17.8 Å². The van der Waals surface area contributed by atoms with Crippen LogP contribution in [0.2, 0.25) is 0 Å². The lowest BCUT2D eigenvalue weighted by atomic mass is 9.82. The molecule has 2 saturated heterocycles. The molecule has 0 radical (unpaired) electrons. The summed E-state index contributed by atoms with van der Waals surface area (Å²) < 4.78 is 26.3. The molecule has 16 nitrogen and oxygen atoms in total. The van der Waals surface area contributed by atoms with Crippen LogP contribution in [0.1, 0.15) is 73.6 Å². The van der Waals surface area contributed by atoms with E-state index in [1.165, 1.54) is 6.33 Å². The van der Waals surface area contributed by atoms with E-state index in [9.17, 15) is 25.2 Å². The number of ether oxygens (including phenoxy) is 4. The Bertz CT molecular complexity index is 1100. The summed E-state index contributed by atoms with van der Waals surface area (Å²) in [5, 5.41) is 52.8. The molecule has 290 valence electrons. The van der Waals surface area contributed by atoms with Crippen molar-refractivity contribution < 1.29 is 44.2 Å². The number of hydrogen-bond donors (Lipinski definition) is 7. The molecule has 0 spiro atoms. The molecule has 3 rings (SSSR count). The summed E-state index contributed by atoms with van der Waals surface area (Å²) in [4.78, 5) is 19.5. The van der Waals surface area contributed by atoms with Gasteiger partial charge in [0, 0.05) is 32.4 Å². The molecule has 2 aliphatic heterocycles. The fourth-order valence-electron chi connectivity index (χ4n) is 6.82. The van der Waals surface area contributed by atoms with E-state index in [0.717, 1.165) is 0 Å². The first-order valence-electron chi connectivity index (χ1n) is 18.3. The largest absolute Gasteiger partial charge is 0.392 e. The second kappa shape index (κ2) is 20.4. The quantitative estimate of drug-likeness (QED) is 0.0856. The fraction of sp³-hybridized carbons (Fsp3) is 0.912. The smallest absolute Gasteiger partial charge is 0.228 e. The Hall–Kier alpha value is -1.83. The van der Waals surface area contributed by atoms with Crippen molar-refractivity contribution in [2.75, 3.05) is 39.3 Å². The van der Waals surface area contributed by atoms with Gasteiger partial charge in [-0.1, -0.05) is 27.7 Å². The molecule has 50 heavy (non-hydrogen) atoms. The van der Waals surface area contributed by atoms with Gasteiger partial charge in [0.2, 0.25) is 5.91 Å². The summed E-state index contributed by atoms with van der Waals surface area (Å²) in [5.41, 5.74) is 11.6. The average molecular weight is 716 g/mol. The zero-order chi connectivity index (χ0) is 37.0. The summed E-state index contributed by atoms with van der Waals surface area (Å²) >= 11 is 0. The molecule has 9 N–H and O–H groups in total. The van der Waals surface area contributed by atoms with Gasteiger partial charge < -0.3 is 56.2 Å². The van der Waals surface area contributed by atoms with Gasteiger partial charge in [-0.3, -0.25) is 14.4 Å². The first kappa shape index (κ1) is 42.6. The maximum Gasteiger partial charge on any atom is 0.228 e. The maximum atomic E-state index is 13.6. The topological polar surface area (TPSA) is 233 Å². The molecular weight excluding hydrogens is 650 g/mol. The van der Waals surface area contributed by atoms with E-state index in [0.29, 0.717) is 52.2 Å². The normalized spacial score (nSPS) is 31.7. The van der Waals surface area contributed by atoms with Gasteiger partial charge in [-0.05, 0) is 64.7 Å². The Morgan fingerprint density at radius 3 is 2.38 bits per heavy atom. The lowest BCUT2D eigenvalue weighted by molar-refractivity contribution is -0.314. The maximum absolute atomic E-state index is 13.6. The molecule has 0 aliphatic carbocycles. The summed E-state index contributed by atoms with van der Waals surface area (Å²) in [5.74, 6) is -2.89. The van der Waals surface area contributed by atoms with Gasteiger partial charge in [-0.25, -0.2) is 4.98 Å². The third-order valence-electron chi connectivity index (χ3n) is 9.49. The standard InChI is InChI=1S/C34H65N7O9/c1-21(2)18-47-27(22(3)4)17-34(46)16-25(42)28(32(45)38-11-14-41-20-37-19-39-41)26(50-34)15-23(5)48-33-31(44)29(30(43)24(6)49-33)40(12-7-9-35)13-8-10-36/h19-31,33,42-44,46H,7-18,35-36H2,1-6H3,(H,38,45)/t23-,24?,25-,26?,27+,28+,29?,30?,31?,33?,34-/m0/s1. The lowest BCUT2D eigenvalue weighted by Crippen LogP contribution is -2.64. The Kier molecular flexibility index (Phi) is 17.4. The average Bonchev–Trinajstić information content (AvgIpc) is 3.56. The van der Waals surface area contributed by atoms with Crippen LogP contribution < -0.4 is 16.8 Å². The number of nitrogens with zero attached hydrogens (tertiary/aromatic N) is 4. The van der Waals surface area contributed by atoms with Gasteiger partial charge in [0.25, 0.3) is 0 Å². The minimum absolute atomic E-state index is 0.0570. The van der Waals surface area contributed by atoms with Gasteiger partial charge in [0.1, 0.15) is 18.8 Å². The van der Waals surface area contributed by atoms with Crippen molar-refractivity contribution in [3.05, 3.63) is 12.7 Å². The molecule has 1 amide bonds. The molecule has 3 heterocycles. The molecule has 1 aromatic heterocycles. The van der Waals surface area contributed by atoms with Gasteiger partial charge in [-0.2, -0.15) is 5.10 Å². The van der Waals surface area contributed by atoms with Gasteiger partial charge in [-0.15, -0.1) is 0 Å². The predicted octanol–water partition coefficient (Wildman–Crippen LogP) is -0.434. The van der Waals surface area contributed by atoms with Crippen molar-refractivity contribution in [1.82, 2.24) is 25.0 Å². The van der Waals surface area contributed by atoms with Gasteiger partial charge in [0.15, 0.2) is 12.1 Å². The SMILES string of the molecule is CC(C)CO[C@H](C[C@]1(O)C[C@H](O)[C@@H](C(=O)NCCn2cncn2)C(C[C@H](C)OC2OC(C)C(O)C(N(CCCN)CCCN)C2O)O1)C(C)C. The van der Waals surface area contributed by atoms with E-state index >= 15 is 0 Å². The molecule has 0 saturated carbocycles. The zero-order valence-corrected chi connectivity index (χ0v) is 30.8. The van der Waals surface area contributed by atoms with Crippen molar-refractivity contribution in [1.29, 1.82) is 0 Å². The molecule has 1 aromatic rings. The summed E-state index contributed by atoms with van der Waals surface area (Å²) in [7, 11) is 0. The molecule has 6 unspecified atom stereocenters. The first-order valence-corrected chi connectivity index (χ1v) is 18.3. The van der Waals surface area contributed by atoms with Crippen LogP contribution in [-0.4, -0.2) is 146 Å². The number of amides is 1. The number of aliphatic hydroxyl groups is 4. The van der Waals surface area contributed by atoms with E-state index in [1.807, 2.05) is 32.6 Å². The highest BCUT2D eigenvalue weighted by Gasteiger charge is 2.51. The molecule has 2 aliphatic rings. The minimum atomic E-state index is -1.77. The number of hydrogen-bond acceptors (Lipinski definition) is 14. The number of aromatic nitrogens is 3. The molecule has 2 fully saturated rings. The van der Waals surface area contributed by atoms with Crippen LogP contribution in [-0.2, 0) is 30.3 Å². The van der Waals surface area contributed by atoms with Crippen molar-refractivity contribution in [3.8, 4) is 0 Å². The Morgan fingerprint density at radius 1 is 1.12 bits per heavy atom. The summed E-state index contributed by atoms with van der Waals surface area (Å²) in [6.07, 6.45) is -2.89. The number of nitrogens with two attached hydrogens (primary N) is 2. The zero-order valence-electron chi connectivity index (χ0n) is 30.8. The highest BCUT2D eigenvalue weighted by Crippen LogP contribution is 2.39. The third kappa shape index (κ3) is 12.4.